The number of rotatable bonds is 6. The van der Waals surface area contributed by atoms with Crippen LogP contribution in [0.5, 0.6) is 0 Å². The first kappa shape index (κ1) is 25.3. The van der Waals surface area contributed by atoms with Crippen molar-refractivity contribution in [2.45, 2.75) is 37.3 Å². The Morgan fingerprint density at radius 1 is 0.872 bits per heavy atom. The lowest BCUT2D eigenvalue weighted by atomic mass is 9.81. The number of aryl methyl sites for hydroxylation is 2. The Morgan fingerprint density at radius 2 is 1.62 bits per heavy atom. The van der Waals surface area contributed by atoms with E-state index in [1.165, 1.54) is 0 Å². The Labute approximate surface area is 229 Å². The first-order valence-electron chi connectivity index (χ1n) is 13.1. The van der Waals surface area contributed by atoms with E-state index in [2.05, 4.69) is 10.0 Å². The second-order valence-corrected chi connectivity index (χ2v) is 12.0. The SMILES string of the molecule is Cc1ccc(NS(=O)(=O)c2ccc3c(c2)C2OCCC2C(c2ccc(C(=O)c4ccccc4)cc2)N3)cc1C. The van der Waals surface area contributed by atoms with Crippen molar-refractivity contribution in [3.05, 3.63) is 124 Å². The molecule has 2 heterocycles. The number of sulfonamides is 1. The third kappa shape index (κ3) is 4.84. The highest BCUT2D eigenvalue weighted by atomic mass is 32.2. The van der Waals surface area contributed by atoms with Crippen molar-refractivity contribution < 1.29 is 17.9 Å². The molecule has 3 atom stereocenters. The first-order valence-corrected chi connectivity index (χ1v) is 14.6. The summed E-state index contributed by atoms with van der Waals surface area (Å²) in [5.41, 5.74) is 6.76. The molecule has 198 valence electrons. The fraction of sp³-hybridized carbons (Fsp3) is 0.219. The summed E-state index contributed by atoms with van der Waals surface area (Å²) in [6, 6.07) is 27.7. The van der Waals surface area contributed by atoms with Gasteiger partial charge in [0.05, 0.1) is 17.0 Å². The number of fused-ring (bicyclic) bond motifs is 3. The van der Waals surface area contributed by atoms with Gasteiger partial charge in [0.15, 0.2) is 5.78 Å². The Balaban J connectivity index is 1.26. The van der Waals surface area contributed by atoms with Gasteiger partial charge in [-0.25, -0.2) is 8.42 Å². The summed E-state index contributed by atoms with van der Waals surface area (Å²) >= 11 is 0. The molecular weight excluding hydrogens is 508 g/mol. The van der Waals surface area contributed by atoms with Gasteiger partial charge in [-0.05, 0) is 67.3 Å². The Kier molecular flexibility index (Phi) is 6.49. The van der Waals surface area contributed by atoms with Gasteiger partial charge in [0.2, 0.25) is 0 Å². The van der Waals surface area contributed by atoms with E-state index in [-0.39, 0.29) is 28.7 Å². The number of carbonyl (C=O) groups is 1. The maximum Gasteiger partial charge on any atom is 0.261 e. The fourth-order valence-corrected chi connectivity index (χ4v) is 6.65. The predicted octanol–water partition coefficient (Wildman–Crippen LogP) is 6.58. The summed E-state index contributed by atoms with van der Waals surface area (Å²) in [6.07, 6.45) is 0.637. The molecule has 0 bridgehead atoms. The number of ketones is 1. The molecule has 0 radical (unpaired) electrons. The Bertz CT molecular complexity index is 1650. The van der Waals surface area contributed by atoms with Crippen LogP contribution >= 0.6 is 0 Å². The molecule has 0 aromatic heterocycles. The van der Waals surface area contributed by atoms with E-state index in [0.29, 0.717) is 23.4 Å². The van der Waals surface area contributed by atoms with Crippen LogP contribution in [0.15, 0.2) is 95.9 Å². The monoisotopic (exact) mass is 538 g/mol. The van der Waals surface area contributed by atoms with Crippen LogP contribution in [0.2, 0.25) is 0 Å². The van der Waals surface area contributed by atoms with Crippen LogP contribution in [0.1, 0.15) is 56.7 Å². The van der Waals surface area contributed by atoms with Gasteiger partial charge in [-0.3, -0.25) is 9.52 Å². The molecule has 6 nitrogen and oxygen atoms in total. The maximum atomic E-state index is 13.3. The van der Waals surface area contributed by atoms with Crippen molar-refractivity contribution in [3.8, 4) is 0 Å². The van der Waals surface area contributed by atoms with Crippen molar-refractivity contribution in [3.63, 3.8) is 0 Å². The van der Waals surface area contributed by atoms with Crippen molar-refractivity contribution in [2.24, 2.45) is 5.92 Å². The van der Waals surface area contributed by atoms with E-state index in [1.807, 2.05) is 86.6 Å². The number of carbonyl (C=O) groups excluding carboxylic acids is 1. The minimum absolute atomic E-state index is 0.00526. The van der Waals surface area contributed by atoms with E-state index >= 15 is 0 Å². The van der Waals surface area contributed by atoms with Gasteiger partial charge in [-0.1, -0.05) is 60.7 Å². The molecule has 0 spiro atoms. The van der Waals surface area contributed by atoms with E-state index in [1.54, 1.807) is 18.2 Å². The zero-order valence-electron chi connectivity index (χ0n) is 21.8. The van der Waals surface area contributed by atoms with Gasteiger partial charge >= 0.3 is 0 Å². The highest BCUT2D eigenvalue weighted by Gasteiger charge is 2.42. The molecule has 0 amide bonds. The summed E-state index contributed by atoms with van der Waals surface area (Å²) in [6.45, 7) is 4.56. The number of benzene rings is 4. The highest BCUT2D eigenvalue weighted by molar-refractivity contribution is 7.92. The minimum atomic E-state index is -3.77. The lowest BCUT2D eigenvalue weighted by Crippen LogP contribution is -2.29. The second kappa shape index (κ2) is 9.98. The smallest absolute Gasteiger partial charge is 0.261 e. The molecule has 1 fully saturated rings. The van der Waals surface area contributed by atoms with E-state index in [9.17, 15) is 13.2 Å². The maximum absolute atomic E-state index is 13.3. The predicted molar refractivity (Wildman–Crippen MR) is 153 cm³/mol. The Morgan fingerprint density at radius 3 is 2.36 bits per heavy atom. The zero-order valence-corrected chi connectivity index (χ0v) is 22.7. The normalized spacial score (nSPS) is 20.0. The lowest BCUT2D eigenvalue weighted by molar-refractivity contribution is 0.0827. The molecule has 2 aliphatic rings. The van der Waals surface area contributed by atoms with Crippen LogP contribution < -0.4 is 10.0 Å². The lowest BCUT2D eigenvalue weighted by Gasteiger charge is -2.36. The summed E-state index contributed by atoms with van der Waals surface area (Å²) in [4.78, 5) is 13.1. The standard InChI is InChI=1S/C32H30N2O4S/c1-20-8-13-25(18-21(20)2)34-39(36,37)26-14-15-29-28(19-26)32-27(16-17-38-32)30(33-29)22-9-11-24(12-10-22)31(35)23-6-4-3-5-7-23/h3-15,18-19,27,30,32-34H,16-17H2,1-2H3. The molecule has 1 saturated heterocycles. The molecule has 4 aromatic carbocycles. The quantitative estimate of drug-likeness (QED) is 0.271. The van der Waals surface area contributed by atoms with E-state index < -0.39 is 10.0 Å². The number of ether oxygens (including phenoxy) is 1. The molecule has 7 heteroatoms. The largest absolute Gasteiger partial charge is 0.378 e. The molecule has 2 aliphatic heterocycles. The van der Waals surface area contributed by atoms with Crippen LogP contribution in [0.25, 0.3) is 0 Å². The Hall–Kier alpha value is -3.94. The van der Waals surface area contributed by atoms with Gasteiger partial charge in [0.25, 0.3) is 10.0 Å². The summed E-state index contributed by atoms with van der Waals surface area (Å²) in [5.74, 6) is 0.133. The molecule has 39 heavy (non-hydrogen) atoms. The van der Waals surface area contributed by atoms with Crippen LogP contribution in [0.3, 0.4) is 0 Å². The summed E-state index contributed by atoms with van der Waals surface area (Å²) < 4.78 is 35.4. The van der Waals surface area contributed by atoms with Gasteiger partial charge in [-0.15, -0.1) is 0 Å². The van der Waals surface area contributed by atoms with Crippen molar-refractivity contribution in [2.75, 3.05) is 16.6 Å². The average Bonchev–Trinajstić information content (AvgIpc) is 3.45. The average molecular weight is 539 g/mol. The number of hydrogen-bond acceptors (Lipinski definition) is 5. The van der Waals surface area contributed by atoms with Gasteiger partial charge < -0.3 is 10.1 Å². The van der Waals surface area contributed by atoms with Crippen LogP contribution in [-0.2, 0) is 14.8 Å². The van der Waals surface area contributed by atoms with Crippen LogP contribution in [0, 0.1) is 19.8 Å². The van der Waals surface area contributed by atoms with Crippen molar-refractivity contribution in [1.29, 1.82) is 0 Å². The number of hydrogen-bond donors (Lipinski definition) is 2. The molecule has 2 N–H and O–H groups in total. The second-order valence-electron chi connectivity index (χ2n) is 10.3. The molecule has 0 aliphatic carbocycles. The molecule has 4 aromatic rings. The van der Waals surface area contributed by atoms with Crippen molar-refractivity contribution >= 4 is 27.2 Å². The van der Waals surface area contributed by atoms with Gasteiger partial charge in [-0.2, -0.15) is 0 Å². The number of anilines is 2. The summed E-state index contributed by atoms with van der Waals surface area (Å²) in [7, 11) is -3.77. The number of nitrogens with one attached hydrogen (secondary N) is 2. The summed E-state index contributed by atoms with van der Waals surface area (Å²) in [5, 5.41) is 3.63. The van der Waals surface area contributed by atoms with E-state index in [4.69, 9.17) is 4.74 Å². The minimum Gasteiger partial charge on any atom is -0.378 e. The van der Waals surface area contributed by atoms with Crippen LogP contribution in [0.4, 0.5) is 11.4 Å². The molecular formula is C32H30N2O4S. The third-order valence-electron chi connectivity index (χ3n) is 7.84. The van der Waals surface area contributed by atoms with Gasteiger partial charge in [0, 0.05) is 40.6 Å². The van der Waals surface area contributed by atoms with Crippen molar-refractivity contribution in [1.82, 2.24) is 0 Å². The zero-order chi connectivity index (χ0) is 27.1. The highest BCUT2D eigenvalue weighted by Crippen LogP contribution is 2.50. The van der Waals surface area contributed by atoms with E-state index in [0.717, 1.165) is 34.4 Å². The van der Waals surface area contributed by atoms with Crippen LogP contribution in [-0.4, -0.2) is 20.8 Å². The first-order chi connectivity index (χ1) is 18.8. The van der Waals surface area contributed by atoms with Gasteiger partial charge in [0.1, 0.15) is 0 Å². The third-order valence-corrected chi connectivity index (χ3v) is 9.22. The molecule has 3 unspecified atom stereocenters. The molecule has 0 saturated carbocycles. The topological polar surface area (TPSA) is 84.5 Å². The fourth-order valence-electron chi connectivity index (χ4n) is 5.56. The molecule has 6 rings (SSSR count).